The number of H-pyrrole nitrogens is 1. The Morgan fingerprint density at radius 2 is 2.19 bits per heavy atom. The largest absolute Gasteiger partial charge is 0.394 e. The Morgan fingerprint density at radius 1 is 1.41 bits per heavy atom. The van der Waals surface area contributed by atoms with Crippen LogP contribution in [0.4, 0.5) is 5.95 Å². The van der Waals surface area contributed by atoms with Gasteiger partial charge in [-0.3, -0.25) is 9.56 Å². The Hall–Kier alpha value is -2.32. The zero-order valence-corrected chi connectivity index (χ0v) is 15.1. The first-order valence-corrected chi connectivity index (χ1v) is 8.71. The van der Waals surface area contributed by atoms with E-state index in [2.05, 4.69) is 25.3 Å². The van der Waals surface area contributed by atoms with Gasteiger partial charge in [0.05, 0.1) is 12.9 Å². The van der Waals surface area contributed by atoms with Crippen molar-refractivity contribution < 1.29 is 20.1 Å². The van der Waals surface area contributed by atoms with Crippen molar-refractivity contribution in [2.75, 3.05) is 25.0 Å². The number of nitrogens with zero attached hydrogens (tertiary/aromatic N) is 4. The fraction of sp³-hybridized carbons (Fsp3) is 0.571. The molecule has 2 aromatic heterocycles. The highest BCUT2D eigenvalue weighted by molar-refractivity contribution is 7.71. The lowest BCUT2D eigenvalue weighted by Crippen LogP contribution is -2.33. The molecule has 0 spiro atoms. The monoisotopic (exact) mass is 398 g/mol. The van der Waals surface area contributed by atoms with Crippen LogP contribution in [0.15, 0.2) is 11.3 Å². The second kappa shape index (κ2) is 8.14. The van der Waals surface area contributed by atoms with Gasteiger partial charge in [-0.15, -0.1) is 0 Å². The van der Waals surface area contributed by atoms with E-state index in [1.807, 2.05) is 0 Å². The molecule has 1 aliphatic rings. The average molecular weight is 398 g/mol. The number of aromatic amines is 1. The van der Waals surface area contributed by atoms with Gasteiger partial charge < -0.3 is 41.8 Å². The molecule has 0 radical (unpaired) electrons. The van der Waals surface area contributed by atoms with Gasteiger partial charge in [-0.05, 0) is 6.42 Å². The van der Waals surface area contributed by atoms with Crippen LogP contribution in [-0.4, -0.2) is 78.8 Å². The Labute approximate surface area is 158 Å². The van der Waals surface area contributed by atoms with Gasteiger partial charge >= 0.3 is 0 Å². The first-order valence-electron chi connectivity index (χ1n) is 8.31. The van der Waals surface area contributed by atoms with E-state index in [1.54, 1.807) is 0 Å². The number of anilines is 1. The number of imidazole rings is 1. The molecule has 9 N–H and O–H groups in total. The molecule has 3 heterocycles. The van der Waals surface area contributed by atoms with Crippen LogP contribution in [0.25, 0.3) is 11.2 Å². The predicted molar refractivity (Wildman–Crippen MR) is 99.5 cm³/mol. The molecule has 27 heavy (non-hydrogen) atoms. The minimum Gasteiger partial charge on any atom is -0.394 e. The molecule has 0 amide bonds. The lowest BCUT2D eigenvalue weighted by Gasteiger charge is -2.17. The molecule has 148 valence electrons. The second-order valence-corrected chi connectivity index (χ2v) is 6.44. The Morgan fingerprint density at radius 3 is 2.85 bits per heavy atom. The van der Waals surface area contributed by atoms with Gasteiger partial charge in [0.2, 0.25) is 5.95 Å². The zero-order valence-electron chi connectivity index (χ0n) is 14.3. The van der Waals surface area contributed by atoms with E-state index in [4.69, 9.17) is 28.4 Å². The van der Waals surface area contributed by atoms with Crippen LogP contribution < -0.4 is 16.8 Å². The first kappa shape index (κ1) is 19.4. The molecule has 0 aliphatic carbocycles. The van der Waals surface area contributed by atoms with E-state index in [0.717, 1.165) is 0 Å². The van der Waals surface area contributed by atoms with Gasteiger partial charge in [0.25, 0.3) is 0 Å². The Balaban J connectivity index is 1.81. The van der Waals surface area contributed by atoms with Crippen molar-refractivity contribution in [2.45, 2.75) is 31.0 Å². The molecule has 4 atom stereocenters. The van der Waals surface area contributed by atoms with Crippen LogP contribution in [0.5, 0.6) is 0 Å². The maximum Gasteiger partial charge on any atom is 0.203 e. The van der Waals surface area contributed by atoms with Crippen molar-refractivity contribution in [2.24, 2.45) is 16.5 Å². The van der Waals surface area contributed by atoms with Gasteiger partial charge in [0.1, 0.15) is 29.5 Å². The molecule has 3 rings (SSSR count). The number of rotatable bonds is 7. The summed E-state index contributed by atoms with van der Waals surface area (Å²) < 4.78 is 7.32. The van der Waals surface area contributed by atoms with Crippen molar-refractivity contribution in [1.82, 2.24) is 19.5 Å². The van der Waals surface area contributed by atoms with Crippen molar-refractivity contribution in [3.05, 3.63) is 11.0 Å². The number of nitrogens with two attached hydrogens (primary N) is 2. The maximum atomic E-state index is 10.2. The van der Waals surface area contributed by atoms with Gasteiger partial charge in [-0.2, -0.15) is 0 Å². The van der Waals surface area contributed by atoms with E-state index in [0.29, 0.717) is 36.6 Å². The fourth-order valence-electron chi connectivity index (χ4n) is 2.82. The lowest BCUT2D eigenvalue weighted by molar-refractivity contribution is -0.0511. The smallest absolute Gasteiger partial charge is 0.203 e. The van der Waals surface area contributed by atoms with Crippen LogP contribution in [0, 0.1) is 4.64 Å². The molecule has 0 aromatic carbocycles. The van der Waals surface area contributed by atoms with Crippen LogP contribution in [0.2, 0.25) is 0 Å². The number of nitrogens with one attached hydrogen (secondary N) is 2. The highest BCUT2D eigenvalue weighted by Crippen LogP contribution is 2.31. The van der Waals surface area contributed by atoms with Gasteiger partial charge in [0.15, 0.2) is 16.8 Å². The number of aliphatic hydroxyl groups excluding tert-OH is 3. The predicted octanol–water partition coefficient (Wildman–Crippen LogP) is -1.82. The number of guanidine groups is 1. The third-order valence-electron chi connectivity index (χ3n) is 4.16. The summed E-state index contributed by atoms with van der Waals surface area (Å²) in [5.74, 6) is 0.446. The molecule has 1 fully saturated rings. The minimum atomic E-state index is -1.23. The SMILES string of the molecule is NC(N)=NCCCNc1nc(=S)c2ncn([C@@H]3O[C@H](CO)C(O)C3O)c2[nH]1. The van der Waals surface area contributed by atoms with Crippen LogP contribution in [-0.2, 0) is 4.74 Å². The lowest BCUT2D eigenvalue weighted by atomic mass is 10.1. The summed E-state index contributed by atoms with van der Waals surface area (Å²) in [5, 5.41) is 32.5. The van der Waals surface area contributed by atoms with E-state index >= 15 is 0 Å². The molecule has 2 unspecified atom stereocenters. The standard InChI is InChI=1S/C14H22N8O4S/c15-13(16)17-2-1-3-18-14-20-10-7(11(27)21-14)19-5-22(10)12-9(25)8(24)6(4-23)26-12/h5-6,8-9,12,23-25H,1-4H2,(H4,15,16,17)(H2,18,20,21,27)/t6-,8?,9?,12-/m1/s1. The van der Waals surface area contributed by atoms with E-state index in [-0.39, 0.29) is 10.6 Å². The normalized spacial score (nSPS) is 25.0. The fourth-order valence-corrected chi connectivity index (χ4v) is 3.06. The number of aliphatic hydroxyl groups is 3. The Bertz CT molecular complexity index is 880. The highest BCUT2D eigenvalue weighted by atomic mass is 32.1. The van der Waals surface area contributed by atoms with Gasteiger partial charge in [-0.25, -0.2) is 9.97 Å². The number of aromatic nitrogens is 4. The molecule has 0 bridgehead atoms. The van der Waals surface area contributed by atoms with Gasteiger partial charge in [0, 0.05) is 13.1 Å². The summed E-state index contributed by atoms with van der Waals surface area (Å²) in [5.41, 5.74) is 11.4. The summed E-state index contributed by atoms with van der Waals surface area (Å²) in [6, 6.07) is 0. The quantitative estimate of drug-likeness (QED) is 0.121. The summed E-state index contributed by atoms with van der Waals surface area (Å²) in [7, 11) is 0. The number of aliphatic imine (C=N–C) groups is 1. The number of ether oxygens (including phenoxy) is 1. The molecule has 13 heteroatoms. The molecule has 12 nitrogen and oxygen atoms in total. The zero-order chi connectivity index (χ0) is 19.6. The second-order valence-electron chi connectivity index (χ2n) is 6.06. The van der Waals surface area contributed by atoms with Crippen molar-refractivity contribution in [3.8, 4) is 0 Å². The topological polar surface area (TPSA) is 193 Å². The summed E-state index contributed by atoms with van der Waals surface area (Å²) in [6.45, 7) is 0.600. The molecule has 1 aliphatic heterocycles. The van der Waals surface area contributed by atoms with Crippen molar-refractivity contribution >= 4 is 35.3 Å². The van der Waals surface area contributed by atoms with Crippen molar-refractivity contribution in [1.29, 1.82) is 0 Å². The van der Waals surface area contributed by atoms with Crippen LogP contribution in [0.1, 0.15) is 12.6 Å². The van der Waals surface area contributed by atoms with E-state index in [9.17, 15) is 15.3 Å². The molecular weight excluding hydrogens is 376 g/mol. The first-order chi connectivity index (χ1) is 12.9. The molecule has 1 saturated heterocycles. The minimum absolute atomic E-state index is 0.0383. The summed E-state index contributed by atoms with van der Waals surface area (Å²) in [4.78, 5) is 15.4. The molecule has 0 saturated carbocycles. The third kappa shape index (κ3) is 4.01. The average Bonchev–Trinajstić information content (AvgIpc) is 3.16. The third-order valence-corrected chi connectivity index (χ3v) is 4.44. The van der Waals surface area contributed by atoms with Gasteiger partial charge in [-0.1, -0.05) is 12.2 Å². The summed E-state index contributed by atoms with van der Waals surface area (Å²) in [6.07, 6.45) is -2.15. The maximum absolute atomic E-state index is 10.2. The molecule has 2 aromatic rings. The number of hydrogen-bond donors (Lipinski definition) is 7. The van der Waals surface area contributed by atoms with Crippen LogP contribution >= 0.6 is 12.2 Å². The van der Waals surface area contributed by atoms with E-state index in [1.165, 1.54) is 10.9 Å². The Kier molecular flexibility index (Phi) is 5.86. The van der Waals surface area contributed by atoms with E-state index < -0.39 is 31.1 Å². The summed E-state index contributed by atoms with van der Waals surface area (Å²) >= 11 is 5.27. The number of fused-ring (bicyclic) bond motifs is 1. The number of hydrogen-bond acceptors (Lipinski definition) is 9. The van der Waals surface area contributed by atoms with Crippen LogP contribution in [0.3, 0.4) is 0 Å². The molecular formula is C14H22N8O4S. The highest BCUT2D eigenvalue weighted by Gasteiger charge is 2.43. The van der Waals surface area contributed by atoms with Crippen molar-refractivity contribution in [3.63, 3.8) is 0 Å².